The third-order valence-electron chi connectivity index (χ3n) is 15.1. The molecule has 70 heavy (non-hydrogen) atoms. The molecular weight excluding hydrogens is 851 g/mol. The van der Waals surface area contributed by atoms with Gasteiger partial charge in [-0.05, 0) is 115 Å². The van der Waals surface area contributed by atoms with Crippen molar-refractivity contribution in [1.82, 2.24) is 0 Å². The summed E-state index contributed by atoms with van der Waals surface area (Å²) in [6, 6.07) is 90.1. The van der Waals surface area contributed by atoms with Crippen LogP contribution in [0.5, 0.6) is 0 Å². The number of para-hydroxylation sites is 2. The van der Waals surface area contributed by atoms with E-state index in [4.69, 9.17) is 8.83 Å². The summed E-state index contributed by atoms with van der Waals surface area (Å²) >= 11 is 0. The van der Waals surface area contributed by atoms with E-state index < -0.39 is 5.41 Å². The summed E-state index contributed by atoms with van der Waals surface area (Å²) in [4.78, 5) is 2.35. The van der Waals surface area contributed by atoms with Crippen LogP contribution in [-0.4, -0.2) is 0 Å². The molecule has 2 aromatic heterocycles. The standard InChI is InChI=1S/C67H41NO2/c1-3-16-42(17-4-1)44-30-34-46(35-31-44)68(47-36-32-45(33-37-47)43-18-5-2-6-19-43)59-41-39-50(63-54-23-10-14-29-61(54)70-66(59)63)49-24-15-27-57-62(49)52-21-7-11-25-55(52)67(57)56-26-12-8-22-53(56)64-58(67)40-38-51-48-20-9-13-28-60(48)69-65(51)64/h1-41H. The largest absolute Gasteiger partial charge is 0.455 e. The highest BCUT2D eigenvalue weighted by molar-refractivity contribution is 6.19. The molecule has 2 aliphatic rings. The highest BCUT2D eigenvalue weighted by Crippen LogP contribution is 2.65. The first-order chi connectivity index (χ1) is 34.7. The van der Waals surface area contributed by atoms with E-state index in [1.54, 1.807) is 0 Å². The van der Waals surface area contributed by atoms with Crippen LogP contribution in [0.15, 0.2) is 258 Å². The molecule has 15 rings (SSSR count). The van der Waals surface area contributed by atoms with Crippen LogP contribution in [-0.2, 0) is 5.41 Å². The van der Waals surface area contributed by atoms with Gasteiger partial charge in [0.25, 0.3) is 0 Å². The lowest BCUT2D eigenvalue weighted by Crippen LogP contribution is -2.25. The molecule has 3 nitrogen and oxygen atoms in total. The molecule has 1 atom stereocenters. The van der Waals surface area contributed by atoms with E-state index in [-0.39, 0.29) is 0 Å². The van der Waals surface area contributed by atoms with E-state index in [9.17, 15) is 0 Å². The number of hydrogen-bond donors (Lipinski definition) is 0. The quantitative estimate of drug-likeness (QED) is 0.167. The number of benzene rings is 11. The van der Waals surface area contributed by atoms with Crippen molar-refractivity contribution < 1.29 is 8.83 Å². The lowest BCUT2D eigenvalue weighted by Gasteiger charge is -2.30. The van der Waals surface area contributed by atoms with Gasteiger partial charge in [-0.2, -0.15) is 0 Å². The average Bonchev–Trinajstić information content (AvgIpc) is 4.18. The van der Waals surface area contributed by atoms with Gasteiger partial charge in [-0.3, -0.25) is 0 Å². The molecule has 0 fully saturated rings. The SMILES string of the molecule is c1ccc(-c2ccc(N(c3ccc(-c4ccccc4)cc3)c3ccc(-c4cccc5c4-c4ccccc4C54c5ccccc5-c5c4ccc4c5oc5ccccc54)c4c3oc3ccccc34)cc2)cc1. The van der Waals surface area contributed by atoms with E-state index >= 15 is 0 Å². The Morgan fingerprint density at radius 2 is 0.771 bits per heavy atom. The average molecular weight is 892 g/mol. The van der Waals surface area contributed by atoms with E-state index in [1.165, 1.54) is 72.3 Å². The molecule has 0 aliphatic heterocycles. The number of anilines is 3. The Kier molecular flexibility index (Phi) is 8.28. The Hall–Kier alpha value is -9.18. The van der Waals surface area contributed by atoms with Crippen molar-refractivity contribution in [3.8, 4) is 55.6 Å². The molecule has 0 radical (unpaired) electrons. The number of nitrogens with zero attached hydrogens (tertiary/aromatic N) is 1. The molecule has 3 heteroatoms. The minimum absolute atomic E-state index is 0.562. The van der Waals surface area contributed by atoms with Crippen LogP contribution in [0.4, 0.5) is 17.1 Å². The van der Waals surface area contributed by atoms with Crippen LogP contribution >= 0.6 is 0 Å². The highest BCUT2D eigenvalue weighted by atomic mass is 16.3. The minimum Gasteiger partial charge on any atom is -0.455 e. The van der Waals surface area contributed by atoms with Crippen molar-refractivity contribution in [2.24, 2.45) is 0 Å². The second-order valence-corrected chi connectivity index (χ2v) is 18.6. The third-order valence-corrected chi connectivity index (χ3v) is 15.1. The normalized spacial score (nSPS) is 14.3. The first-order valence-corrected chi connectivity index (χ1v) is 24.1. The Balaban J connectivity index is 0.969. The molecule has 0 N–H and O–H groups in total. The Morgan fingerprint density at radius 1 is 0.286 bits per heavy atom. The molecule has 2 heterocycles. The molecule has 0 saturated heterocycles. The van der Waals surface area contributed by atoms with Gasteiger partial charge >= 0.3 is 0 Å². The Bertz CT molecular complexity index is 4140. The number of furan rings is 2. The predicted octanol–water partition coefficient (Wildman–Crippen LogP) is 18.3. The van der Waals surface area contributed by atoms with Gasteiger partial charge in [-0.1, -0.05) is 206 Å². The summed E-state index contributed by atoms with van der Waals surface area (Å²) in [5.74, 6) is 0. The smallest absolute Gasteiger partial charge is 0.160 e. The Labute approximate surface area is 404 Å². The zero-order chi connectivity index (χ0) is 45.9. The number of fused-ring (bicyclic) bond motifs is 17. The van der Waals surface area contributed by atoms with Crippen molar-refractivity contribution in [2.75, 3.05) is 4.90 Å². The monoisotopic (exact) mass is 891 g/mol. The van der Waals surface area contributed by atoms with Gasteiger partial charge < -0.3 is 13.7 Å². The number of rotatable bonds is 6. The second-order valence-electron chi connectivity index (χ2n) is 18.6. The maximum Gasteiger partial charge on any atom is 0.160 e. The predicted molar refractivity (Wildman–Crippen MR) is 288 cm³/mol. The van der Waals surface area contributed by atoms with Crippen molar-refractivity contribution in [2.45, 2.75) is 5.41 Å². The van der Waals surface area contributed by atoms with Crippen molar-refractivity contribution >= 4 is 60.9 Å². The van der Waals surface area contributed by atoms with Crippen LogP contribution in [0.2, 0.25) is 0 Å². The Morgan fingerprint density at radius 3 is 1.43 bits per heavy atom. The molecule has 0 saturated carbocycles. The molecule has 1 unspecified atom stereocenters. The summed E-state index contributed by atoms with van der Waals surface area (Å²) in [6.45, 7) is 0. The second kappa shape index (κ2) is 14.9. The molecule has 13 aromatic rings. The van der Waals surface area contributed by atoms with Crippen molar-refractivity contribution in [3.63, 3.8) is 0 Å². The van der Waals surface area contributed by atoms with E-state index in [0.717, 1.165) is 66.5 Å². The van der Waals surface area contributed by atoms with Gasteiger partial charge in [0.15, 0.2) is 5.58 Å². The van der Waals surface area contributed by atoms with Gasteiger partial charge in [0.05, 0.1) is 11.1 Å². The molecule has 326 valence electrons. The maximum absolute atomic E-state index is 7.14. The van der Waals surface area contributed by atoms with Crippen LogP contribution in [0.25, 0.3) is 99.5 Å². The summed E-state index contributed by atoms with van der Waals surface area (Å²) in [5.41, 5.74) is 23.0. The molecule has 0 bridgehead atoms. The van der Waals surface area contributed by atoms with Crippen molar-refractivity contribution in [3.05, 3.63) is 271 Å². The zero-order valence-corrected chi connectivity index (χ0v) is 37.9. The maximum atomic E-state index is 7.14. The summed E-state index contributed by atoms with van der Waals surface area (Å²) in [5, 5.41) is 4.45. The van der Waals surface area contributed by atoms with Gasteiger partial charge in [0, 0.05) is 38.5 Å². The van der Waals surface area contributed by atoms with Crippen molar-refractivity contribution in [1.29, 1.82) is 0 Å². The van der Waals surface area contributed by atoms with Gasteiger partial charge in [0.1, 0.15) is 16.7 Å². The van der Waals surface area contributed by atoms with Gasteiger partial charge in [0.2, 0.25) is 0 Å². The zero-order valence-electron chi connectivity index (χ0n) is 37.9. The minimum atomic E-state index is -0.562. The lowest BCUT2D eigenvalue weighted by molar-refractivity contribution is 0.668. The fraction of sp³-hybridized carbons (Fsp3) is 0.0149. The summed E-state index contributed by atoms with van der Waals surface area (Å²) in [7, 11) is 0. The van der Waals surface area contributed by atoms with E-state index in [2.05, 4.69) is 254 Å². The third kappa shape index (κ3) is 5.40. The first kappa shape index (κ1) is 38.9. The lowest BCUT2D eigenvalue weighted by atomic mass is 9.70. The molecular formula is C67H41NO2. The molecule has 2 aliphatic carbocycles. The van der Waals surface area contributed by atoms with Crippen LogP contribution in [0.1, 0.15) is 22.3 Å². The summed E-state index contributed by atoms with van der Waals surface area (Å²) in [6.07, 6.45) is 0. The molecule has 1 spiro atoms. The fourth-order valence-corrected chi connectivity index (χ4v) is 12.2. The number of hydrogen-bond acceptors (Lipinski definition) is 3. The molecule has 11 aromatic carbocycles. The molecule has 0 amide bonds. The van der Waals surface area contributed by atoms with Gasteiger partial charge in [-0.15, -0.1) is 0 Å². The van der Waals surface area contributed by atoms with Crippen LogP contribution < -0.4 is 4.90 Å². The van der Waals surface area contributed by atoms with Crippen LogP contribution in [0.3, 0.4) is 0 Å². The topological polar surface area (TPSA) is 29.5 Å². The van der Waals surface area contributed by atoms with E-state index in [1.807, 2.05) is 0 Å². The van der Waals surface area contributed by atoms with Gasteiger partial charge in [-0.25, -0.2) is 0 Å². The van der Waals surface area contributed by atoms with E-state index in [0.29, 0.717) is 0 Å². The van der Waals surface area contributed by atoms with Crippen LogP contribution in [0, 0.1) is 0 Å². The first-order valence-electron chi connectivity index (χ1n) is 24.1. The highest BCUT2D eigenvalue weighted by Gasteiger charge is 2.53. The summed E-state index contributed by atoms with van der Waals surface area (Å²) < 4.78 is 14.0. The fourth-order valence-electron chi connectivity index (χ4n) is 12.2.